The smallest absolute Gasteiger partial charge is 0.0467 e. The predicted molar refractivity (Wildman–Crippen MR) is 156 cm³/mol. The highest BCUT2D eigenvalue weighted by Gasteiger charge is 2.56. The first kappa shape index (κ1) is 24.4. The molecule has 0 unspecified atom stereocenters. The van der Waals surface area contributed by atoms with E-state index in [9.17, 15) is 0 Å². The summed E-state index contributed by atoms with van der Waals surface area (Å²) in [5, 5.41) is 0. The zero-order chi connectivity index (χ0) is 25.9. The Morgan fingerprint density at radius 2 is 0.972 bits per heavy atom. The largest absolute Gasteiger partial charge is 0.310 e. The first-order chi connectivity index (χ1) is 17.0. The van der Waals surface area contributed by atoms with Crippen molar-refractivity contribution in [2.24, 2.45) is 5.41 Å². The first-order valence-corrected chi connectivity index (χ1v) is 13.1. The Bertz CT molecular complexity index is 1350. The van der Waals surface area contributed by atoms with Crippen LogP contribution < -0.4 is 4.90 Å². The number of hydrogen-bond donors (Lipinski definition) is 0. The van der Waals surface area contributed by atoms with Crippen molar-refractivity contribution in [2.45, 2.75) is 66.2 Å². The standard InChI is InChI=1S/C35H39N/c1-24-21-29(36(27-15-11-9-12-16-27)28-17-13-10-14-18-28)22-25(2)32(24)26-19-20-30-31(23-26)34(5,6)35(7,8)33(30,3)4/h9-23H,1-8H3. The number of hydrogen-bond acceptors (Lipinski definition) is 1. The number of aryl methyl sites for hydroxylation is 2. The van der Waals surface area contributed by atoms with Gasteiger partial charge in [-0.25, -0.2) is 0 Å². The van der Waals surface area contributed by atoms with Gasteiger partial charge in [0, 0.05) is 17.1 Å². The van der Waals surface area contributed by atoms with E-state index in [0.29, 0.717) is 0 Å². The number of benzene rings is 4. The van der Waals surface area contributed by atoms with Crippen molar-refractivity contribution in [2.75, 3.05) is 4.90 Å². The molecule has 0 atom stereocenters. The van der Waals surface area contributed by atoms with Crippen molar-refractivity contribution in [3.63, 3.8) is 0 Å². The fourth-order valence-electron chi connectivity index (χ4n) is 6.34. The van der Waals surface area contributed by atoms with Crippen LogP contribution in [0.15, 0.2) is 91.0 Å². The summed E-state index contributed by atoms with van der Waals surface area (Å²) in [7, 11) is 0. The number of nitrogens with zero attached hydrogens (tertiary/aromatic N) is 1. The van der Waals surface area contributed by atoms with Crippen LogP contribution >= 0.6 is 0 Å². The summed E-state index contributed by atoms with van der Waals surface area (Å²) in [5.74, 6) is 0. The molecule has 1 aliphatic rings. The van der Waals surface area contributed by atoms with E-state index in [1.165, 1.54) is 50.4 Å². The minimum atomic E-state index is 0.0982. The van der Waals surface area contributed by atoms with Gasteiger partial charge in [-0.15, -0.1) is 0 Å². The van der Waals surface area contributed by atoms with E-state index in [4.69, 9.17) is 0 Å². The summed E-state index contributed by atoms with van der Waals surface area (Å²) in [6.07, 6.45) is 0. The van der Waals surface area contributed by atoms with Gasteiger partial charge < -0.3 is 4.90 Å². The minimum Gasteiger partial charge on any atom is -0.310 e. The summed E-state index contributed by atoms with van der Waals surface area (Å²) < 4.78 is 0. The Kier molecular flexibility index (Phi) is 5.67. The van der Waals surface area contributed by atoms with Crippen molar-refractivity contribution in [3.8, 4) is 11.1 Å². The van der Waals surface area contributed by atoms with Crippen molar-refractivity contribution >= 4 is 17.1 Å². The SMILES string of the molecule is Cc1cc(N(c2ccccc2)c2ccccc2)cc(C)c1-c1ccc2c(c1)C(C)(C)C(C)(C)C2(C)C. The topological polar surface area (TPSA) is 3.24 Å². The molecule has 0 saturated heterocycles. The number of anilines is 3. The van der Waals surface area contributed by atoms with Crippen LogP contribution in [0.25, 0.3) is 11.1 Å². The Labute approximate surface area is 217 Å². The summed E-state index contributed by atoms with van der Waals surface area (Å²) in [5.41, 5.74) is 12.2. The summed E-state index contributed by atoms with van der Waals surface area (Å²) in [6, 6.07) is 33.2. The zero-order valence-corrected chi connectivity index (χ0v) is 23.1. The van der Waals surface area contributed by atoms with E-state index >= 15 is 0 Å². The molecule has 0 spiro atoms. The maximum Gasteiger partial charge on any atom is 0.0467 e. The molecule has 5 rings (SSSR count). The van der Waals surface area contributed by atoms with E-state index in [2.05, 4.69) is 151 Å². The lowest BCUT2D eigenvalue weighted by Gasteiger charge is -2.44. The van der Waals surface area contributed by atoms with Gasteiger partial charge in [0.1, 0.15) is 0 Å². The monoisotopic (exact) mass is 473 g/mol. The Morgan fingerprint density at radius 3 is 1.47 bits per heavy atom. The second-order valence-corrected chi connectivity index (χ2v) is 12.1. The van der Waals surface area contributed by atoms with Gasteiger partial charge in [-0.3, -0.25) is 0 Å². The van der Waals surface area contributed by atoms with E-state index in [1.54, 1.807) is 0 Å². The maximum absolute atomic E-state index is 2.48. The van der Waals surface area contributed by atoms with Crippen LogP contribution in [-0.2, 0) is 10.8 Å². The van der Waals surface area contributed by atoms with Gasteiger partial charge >= 0.3 is 0 Å². The van der Waals surface area contributed by atoms with Gasteiger partial charge in [0.25, 0.3) is 0 Å². The first-order valence-electron chi connectivity index (χ1n) is 13.1. The van der Waals surface area contributed by atoms with Crippen LogP contribution in [0.3, 0.4) is 0 Å². The number of fused-ring (bicyclic) bond motifs is 1. The van der Waals surface area contributed by atoms with Crippen LogP contribution in [0.4, 0.5) is 17.1 Å². The van der Waals surface area contributed by atoms with Crippen LogP contribution in [0.2, 0.25) is 0 Å². The Morgan fingerprint density at radius 1 is 0.500 bits per heavy atom. The van der Waals surface area contributed by atoms with Crippen molar-refractivity contribution in [1.29, 1.82) is 0 Å². The van der Waals surface area contributed by atoms with Gasteiger partial charge in [-0.2, -0.15) is 0 Å². The summed E-state index contributed by atoms with van der Waals surface area (Å²) in [4.78, 5) is 2.35. The number of para-hydroxylation sites is 2. The number of rotatable bonds is 4. The quantitative estimate of drug-likeness (QED) is 0.285. The van der Waals surface area contributed by atoms with Crippen LogP contribution in [0, 0.1) is 19.3 Å². The zero-order valence-electron chi connectivity index (χ0n) is 23.1. The maximum atomic E-state index is 2.48. The molecule has 0 heterocycles. The lowest BCUT2D eigenvalue weighted by molar-refractivity contribution is 0.125. The fourth-order valence-corrected chi connectivity index (χ4v) is 6.34. The Balaban J connectivity index is 1.64. The van der Waals surface area contributed by atoms with Gasteiger partial charge in [-0.05, 0) is 99.9 Å². The van der Waals surface area contributed by atoms with E-state index in [-0.39, 0.29) is 16.2 Å². The molecule has 0 bridgehead atoms. The van der Waals surface area contributed by atoms with Crippen molar-refractivity contribution in [3.05, 3.63) is 113 Å². The van der Waals surface area contributed by atoms with E-state index in [0.717, 1.165) is 0 Å². The molecular weight excluding hydrogens is 434 g/mol. The second kappa shape index (κ2) is 8.37. The normalized spacial score (nSPS) is 17.0. The molecule has 0 radical (unpaired) electrons. The predicted octanol–water partition coefficient (Wildman–Crippen LogP) is 10.0. The summed E-state index contributed by atoms with van der Waals surface area (Å²) >= 11 is 0. The molecule has 36 heavy (non-hydrogen) atoms. The van der Waals surface area contributed by atoms with Crippen molar-refractivity contribution < 1.29 is 0 Å². The molecule has 0 aromatic heterocycles. The van der Waals surface area contributed by atoms with Gasteiger partial charge in [0.15, 0.2) is 0 Å². The van der Waals surface area contributed by atoms with Gasteiger partial charge in [0.2, 0.25) is 0 Å². The molecule has 1 heteroatoms. The molecule has 1 nitrogen and oxygen atoms in total. The average molecular weight is 474 g/mol. The van der Waals surface area contributed by atoms with Crippen LogP contribution in [0.5, 0.6) is 0 Å². The lowest BCUT2D eigenvalue weighted by Crippen LogP contribution is -2.42. The molecule has 0 N–H and O–H groups in total. The van der Waals surface area contributed by atoms with Crippen LogP contribution in [0.1, 0.15) is 63.8 Å². The minimum absolute atomic E-state index is 0.0982. The molecule has 4 aromatic rings. The molecule has 0 aliphatic heterocycles. The van der Waals surface area contributed by atoms with E-state index < -0.39 is 0 Å². The third kappa shape index (κ3) is 3.52. The molecule has 0 saturated carbocycles. The Hall–Kier alpha value is -3.32. The van der Waals surface area contributed by atoms with Gasteiger partial charge in [0.05, 0.1) is 0 Å². The third-order valence-electron chi connectivity index (χ3n) is 9.58. The summed E-state index contributed by atoms with van der Waals surface area (Å²) in [6.45, 7) is 19.0. The second-order valence-electron chi connectivity index (χ2n) is 12.1. The highest BCUT2D eigenvalue weighted by atomic mass is 15.1. The molecule has 1 aliphatic carbocycles. The fraction of sp³-hybridized carbons (Fsp3) is 0.314. The lowest BCUT2D eigenvalue weighted by atomic mass is 9.59. The molecule has 184 valence electrons. The van der Waals surface area contributed by atoms with Crippen molar-refractivity contribution in [1.82, 2.24) is 0 Å². The average Bonchev–Trinajstić information content (AvgIpc) is 2.94. The molecule has 0 amide bonds. The highest BCUT2D eigenvalue weighted by Crippen LogP contribution is 2.61. The van der Waals surface area contributed by atoms with Crippen LogP contribution in [-0.4, -0.2) is 0 Å². The third-order valence-corrected chi connectivity index (χ3v) is 9.58. The molecular formula is C35H39N. The van der Waals surface area contributed by atoms with E-state index in [1.807, 2.05) is 0 Å². The van der Waals surface area contributed by atoms with Gasteiger partial charge in [-0.1, -0.05) is 96.1 Å². The molecule has 0 fully saturated rings. The molecule has 4 aromatic carbocycles. The highest BCUT2D eigenvalue weighted by molar-refractivity contribution is 5.82.